The summed E-state index contributed by atoms with van der Waals surface area (Å²) in [6, 6.07) is 7.15. The van der Waals surface area contributed by atoms with Gasteiger partial charge in [0.1, 0.15) is 5.75 Å². The fraction of sp³-hybridized carbons (Fsp3) is 0.267. The van der Waals surface area contributed by atoms with Gasteiger partial charge in [0.15, 0.2) is 0 Å². The summed E-state index contributed by atoms with van der Waals surface area (Å²) in [7, 11) is 0. The summed E-state index contributed by atoms with van der Waals surface area (Å²) in [5, 5.41) is 2.45. The quantitative estimate of drug-likeness (QED) is 0.762. The van der Waals surface area contributed by atoms with Gasteiger partial charge in [-0.05, 0) is 56.0 Å². The molecular formula is C15H15ClO2S. The van der Waals surface area contributed by atoms with E-state index in [2.05, 4.69) is 0 Å². The van der Waals surface area contributed by atoms with Crippen molar-refractivity contribution in [2.45, 2.75) is 26.9 Å². The first kappa shape index (κ1) is 14.1. The Morgan fingerprint density at radius 1 is 1.26 bits per heavy atom. The van der Waals surface area contributed by atoms with Crippen LogP contribution in [0.2, 0.25) is 5.02 Å². The van der Waals surface area contributed by atoms with Gasteiger partial charge in [-0.1, -0.05) is 11.6 Å². The van der Waals surface area contributed by atoms with Crippen molar-refractivity contribution in [3.8, 4) is 5.75 Å². The first-order valence-electron chi connectivity index (χ1n) is 6.04. The molecule has 0 fully saturated rings. The maximum absolute atomic E-state index is 12.3. The molecule has 4 heteroatoms. The second kappa shape index (κ2) is 5.76. The fourth-order valence-electron chi connectivity index (χ4n) is 1.67. The van der Waals surface area contributed by atoms with E-state index in [4.69, 9.17) is 16.3 Å². The molecule has 2 nitrogen and oxygen atoms in total. The minimum absolute atomic E-state index is 0.0424. The summed E-state index contributed by atoms with van der Waals surface area (Å²) < 4.78 is 5.55. The van der Waals surface area contributed by atoms with Crippen molar-refractivity contribution >= 4 is 28.7 Å². The normalized spacial score (nSPS) is 10.8. The van der Waals surface area contributed by atoms with Crippen LogP contribution >= 0.6 is 22.9 Å². The van der Waals surface area contributed by atoms with Crippen LogP contribution in [-0.2, 0) is 0 Å². The molecule has 1 aromatic carbocycles. The van der Waals surface area contributed by atoms with Gasteiger partial charge in [-0.25, -0.2) is 0 Å². The lowest BCUT2D eigenvalue weighted by molar-refractivity contribution is 0.104. The van der Waals surface area contributed by atoms with Crippen molar-refractivity contribution < 1.29 is 9.53 Å². The minimum atomic E-state index is -0.0424. The predicted octanol–water partition coefficient (Wildman–Crippen LogP) is 4.73. The zero-order valence-electron chi connectivity index (χ0n) is 11.1. The van der Waals surface area contributed by atoms with Crippen molar-refractivity contribution in [1.82, 2.24) is 0 Å². The van der Waals surface area contributed by atoms with Gasteiger partial charge in [0.2, 0.25) is 5.78 Å². The molecule has 0 spiro atoms. The molecule has 2 aromatic rings. The van der Waals surface area contributed by atoms with E-state index in [-0.39, 0.29) is 11.9 Å². The Hall–Kier alpha value is -1.32. The Balaban J connectivity index is 2.23. The maximum Gasteiger partial charge on any atom is 0.204 e. The molecule has 1 heterocycles. The molecule has 0 amide bonds. The standard InChI is InChI=1S/C15H15ClO2S/c1-9(2)18-12-6-4-11(5-7-12)14(17)15-13(16)10(3)8-19-15/h4-9H,1-3H3. The Bertz CT molecular complexity index is 585. The maximum atomic E-state index is 12.3. The average Bonchev–Trinajstić information content (AvgIpc) is 2.69. The second-order valence-corrected chi connectivity index (χ2v) is 5.84. The number of thiophene rings is 1. The van der Waals surface area contributed by atoms with Crippen molar-refractivity contribution in [2.24, 2.45) is 0 Å². The van der Waals surface area contributed by atoms with Gasteiger partial charge in [-0.15, -0.1) is 11.3 Å². The highest BCUT2D eigenvalue weighted by molar-refractivity contribution is 7.13. The average molecular weight is 295 g/mol. The molecule has 0 N–H and O–H groups in total. The summed E-state index contributed by atoms with van der Waals surface area (Å²) in [5.74, 6) is 0.721. The Morgan fingerprint density at radius 2 is 1.89 bits per heavy atom. The number of hydrogen-bond acceptors (Lipinski definition) is 3. The van der Waals surface area contributed by atoms with E-state index in [1.54, 1.807) is 12.1 Å². The van der Waals surface area contributed by atoms with E-state index in [1.165, 1.54) is 11.3 Å². The van der Waals surface area contributed by atoms with Crippen LogP contribution in [0.5, 0.6) is 5.75 Å². The van der Waals surface area contributed by atoms with Crippen molar-refractivity contribution in [3.05, 3.63) is 50.7 Å². The van der Waals surface area contributed by atoms with Crippen LogP contribution in [0.3, 0.4) is 0 Å². The van der Waals surface area contributed by atoms with Crippen molar-refractivity contribution in [3.63, 3.8) is 0 Å². The first-order chi connectivity index (χ1) is 8.99. The second-order valence-electron chi connectivity index (χ2n) is 4.58. The van der Waals surface area contributed by atoms with E-state index in [1.807, 2.05) is 38.3 Å². The monoisotopic (exact) mass is 294 g/mol. The van der Waals surface area contributed by atoms with Crippen LogP contribution in [0.25, 0.3) is 0 Å². The molecule has 19 heavy (non-hydrogen) atoms. The predicted molar refractivity (Wildman–Crippen MR) is 79.7 cm³/mol. The number of carbonyl (C=O) groups excluding carboxylic acids is 1. The number of benzene rings is 1. The van der Waals surface area contributed by atoms with Crippen LogP contribution in [0.15, 0.2) is 29.6 Å². The lowest BCUT2D eigenvalue weighted by atomic mass is 10.1. The third-order valence-corrected chi connectivity index (χ3v) is 4.29. The number of carbonyl (C=O) groups is 1. The van der Waals surface area contributed by atoms with Crippen LogP contribution in [0, 0.1) is 6.92 Å². The van der Waals surface area contributed by atoms with Gasteiger partial charge < -0.3 is 4.74 Å². The van der Waals surface area contributed by atoms with Gasteiger partial charge in [0, 0.05) is 5.56 Å². The highest BCUT2D eigenvalue weighted by Gasteiger charge is 2.16. The smallest absolute Gasteiger partial charge is 0.204 e. The summed E-state index contributed by atoms with van der Waals surface area (Å²) in [6.45, 7) is 5.83. The van der Waals surface area contributed by atoms with Gasteiger partial charge in [-0.3, -0.25) is 4.79 Å². The zero-order chi connectivity index (χ0) is 14.0. The molecule has 0 aliphatic heterocycles. The van der Waals surface area contributed by atoms with E-state index in [0.29, 0.717) is 15.5 Å². The molecule has 0 saturated carbocycles. The Labute approximate surface area is 122 Å². The molecule has 0 unspecified atom stereocenters. The number of rotatable bonds is 4. The highest BCUT2D eigenvalue weighted by Crippen LogP contribution is 2.29. The third kappa shape index (κ3) is 3.17. The summed E-state index contributed by atoms with van der Waals surface area (Å²) in [4.78, 5) is 12.9. The number of ketones is 1. The van der Waals surface area contributed by atoms with E-state index >= 15 is 0 Å². The SMILES string of the molecule is Cc1csc(C(=O)c2ccc(OC(C)C)cc2)c1Cl. The number of ether oxygens (including phenoxy) is 1. The van der Waals surface area contributed by atoms with Crippen LogP contribution < -0.4 is 4.74 Å². The van der Waals surface area contributed by atoms with E-state index in [0.717, 1.165) is 11.3 Å². The van der Waals surface area contributed by atoms with E-state index in [9.17, 15) is 4.79 Å². The van der Waals surface area contributed by atoms with Gasteiger partial charge in [-0.2, -0.15) is 0 Å². The molecule has 0 atom stereocenters. The molecule has 0 aliphatic rings. The Morgan fingerprint density at radius 3 is 2.37 bits per heavy atom. The largest absolute Gasteiger partial charge is 0.491 e. The number of hydrogen-bond donors (Lipinski definition) is 0. The molecule has 0 saturated heterocycles. The summed E-state index contributed by atoms with van der Waals surface area (Å²) in [5.41, 5.74) is 1.56. The minimum Gasteiger partial charge on any atom is -0.491 e. The number of halogens is 1. The fourth-order valence-corrected chi connectivity index (χ4v) is 2.91. The van der Waals surface area contributed by atoms with E-state index < -0.39 is 0 Å². The topological polar surface area (TPSA) is 26.3 Å². The van der Waals surface area contributed by atoms with Crippen molar-refractivity contribution in [1.29, 1.82) is 0 Å². The van der Waals surface area contributed by atoms with Gasteiger partial charge >= 0.3 is 0 Å². The molecular weight excluding hydrogens is 280 g/mol. The first-order valence-corrected chi connectivity index (χ1v) is 7.30. The highest BCUT2D eigenvalue weighted by atomic mass is 35.5. The molecule has 0 bridgehead atoms. The van der Waals surface area contributed by atoms with Crippen LogP contribution in [0.1, 0.15) is 34.6 Å². The molecule has 100 valence electrons. The van der Waals surface area contributed by atoms with Gasteiger partial charge in [0.25, 0.3) is 0 Å². The molecule has 0 radical (unpaired) electrons. The van der Waals surface area contributed by atoms with Crippen LogP contribution in [-0.4, -0.2) is 11.9 Å². The zero-order valence-corrected chi connectivity index (χ0v) is 12.6. The molecule has 2 rings (SSSR count). The molecule has 1 aromatic heterocycles. The summed E-state index contributed by atoms with van der Waals surface area (Å²) in [6.07, 6.45) is 0.121. The third-order valence-electron chi connectivity index (χ3n) is 2.59. The lowest BCUT2D eigenvalue weighted by Gasteiger charge is -2.09. The molecule has 0 aliphatic carbocycles. The van der Waals surface area contributed by atoms with Gasteiger partial charge in [0.05, 0.1) is 16.0 Å². The van der Waals surface area contributed by atoms with Crippen LogP contribution in [0.4, 0.5) is 0 Å². The Kier molecular flexibility index (Phi) is 4.27. The van der Waals surface area contributed by atoms with Crippen molar-refractivity contribution in [2.75, 3.05) is 0 Å². The summed E-state index contributed by atoms with van der Waals surface area (Å²) >= 11 is 7.50. The lowest BCUT2D eigenvalue weighted by Crippen LogP contribution is -2.06. The number of aryl methyl sites for hydroxylation is 1.